The average Bonchev–Trinajstić information content (AvgIpc) is 2.65. The SMILES string of the molecule is COc1ccc(C(=O)NN=C(C)CC(=O)Nc2cccc(Br)c2)cc1OC. The van der Waals surface area contributed by atoms with Crippen LogP contribution in [0.15, 0.2) is 52.0 Å². The smallest absolute Gasteiger partial charge is 0.271 e. The summed E-state index contributed by atoms with van der Waals surface area (Å²) in [6.45, 7) is 1.66. The maximum Gasteiger partial charge on any atom is 0.271 e. The number of carbonyl (C=O) groups is 2. The highest BCUT2D eigenvalue weighted by molar-refractivity contribution is 9.10. The maximum atomic E-state index is 12.2. The number of hydrazone groups is 1. The summed E-state index contributed by atoms with van der Waals surface area (Å²) in [7, 11) is 3.01. The normalized spacial score (nSPS) is 10.9. The first-order valence-electron chi connectivity index (χ1n) is 8.04. The Morgan fingerprint density at radius 2 is 1.81 bits per heavy atom. The van der Waals surface area contributed by atoms with Crippen LogP contribution in [0, 0.1) is 0 Å². The zero-order valence-corrected chi connectivity index (χ0v) is 16.8. The van der Waals surface area contributed by atoms with E-state index in [4.69, 9.17) is 9.47 Å². The van der Waals surface area contributed by atoms with E-state index >= 15 is 0 Å². The molecule has 0 aromatic heterocycles. The van der Waals surface area contributed by atoms with E-state index in [0.29, 0.717) is 28.5 Å². The van der Waals surface area contributed by atoms with Crippen LogP contribution in [0.4, 0.5) is 5.69 Å². The van der Waals surface area contributed by atoms with E-state index in [1.165, 1.54) is 14.2 Å². The van der Waals surface area contributed by atoms with Crippen LogP contribution in [-0.2, 0) is 4.79 Å². The highest BCUT2D eigenvalue weighted by Crippen LogP contribution is 2.27. The number of nitrogens with zero attached hydrogens (tertiary/aromatic N) is 1. The van der Waals surface area contributed by atoms with Gasteiger partial charge in [0.1, 0.15) is 0 Å². The molecule has 0 heterocycles. The van der Waals surface area contributed by atoms with Crippen molar-refractivity contribution >= 4 is 39.1 Å². The Balaban J connectivity index is 1.94. The molecule has 2 amide bonds. The van der Waals surface area contributed by atoms with Crippen LogP contribution in [0.3, 0.4) is 0 Å². The second-order valence-corrected chi connectivity index (χ2v) is 6.51. The minimum atomic E-state index is -0.414. The van der Waals surface area contributed by atoms with Crippen LogP contribution in [0.2, 0.25) is 0 Å². The standard InChI is InChI=1S/C19H20BrN3O4/c1-12(9-18(24)21-15-6-4-5-14(20)11-15)22-23-19(25)13-7-8-16(26-2)17(10-13)27-3/h4-8,10-11H,9H2,1-3H3,(H,21,24)(H,23,25). The monoisotopic (exact) mass is 433 g/mol. The number of rotatable bonds is 7. The van der Waals surface area contributed by atoms with Gasteiger partial charge in [0.25, 0.3) is 5.91 Å². The second kappa shape index (κ2) is 9.72. The van der Waals surface area contributed by atoms with Crippen LogP contribution < -0.4 is 20.2 Å². The quantitative estimate of drug-likeness (QED) is 0.515. The fourth-order valence-corrected chi connectivity index (χ4v) is 2.63. The number of anilines is 1. The summed E-state index contributed by atoms with van der Waals surface area (Å²) in [5, 5.41) is 6.74. The summed E-state index contributed by atoms with van der Waals surface area (Å²) in [5.74, 6) is 0.328. The van der Waals surface area contributed by atoms with Crippen LogP contribution >= 0.6 is 15.9 Å². The van der Waals surface area contributed by atoms with Crippen molar-refractivity contribution in [1.82, 2.24) is 5.43 Å². The molecular weight excluding hydrogens is 414 g/mol. The molecule has 0 radical (unpaired) electrons. The molecule has 0 aliphatic rings. The zero-order valence-electron chi connectivity index (χ0n) is 15.2. The summed E-state index contributed by atoms with van der Waals surface area (Å²) in [6, 6.07) is 12.1. The number of benzene rings is 2. The van der Waals surface area contributed by atoms with E-state index < -0.39 is 5.91 Å². The van der Waals surface area contributed by atoms with Gasteiger partial charge in [-0.05, 0) is 43.3 Å². The van der Waals surface area contributed by atoms with Gasteiger partial charge in [0.15, 0.2) is 11.5 Å². The van der Waals surface area contributed by atoms with Gasteiger partial charge in [-0.1, -0.05) is 22.0 Å². The first kappa shape index (κ1) is 20.4. The Labute approximate surface area is 165 Å². The lowest BCUT2D eigenvalue weighted by Crippen LogP contribution is -2.21. The Bertz CT molecular complexity index is 868. The molecule has 0 aliphatic heterocycles. The van der Waals surface area contributed by atoms with Crippen molar-refractivity contribution in [1.29, 1.82) is 0 Å². The lowest BCUT2D eigenvalue weighted by molar-refractivity contribution is -0.115. The molecule has 0 fully saturated rings. The third-order valence-corrected chi connectivity index (χ3v) is 4.01. The molecule has 0 bridgehead atoms. The fraction of sp³-hybridized carbons (Fsp3) is 0.211. The van der Waals surface area contributed by atoms with E-state index in [1.54, 1.807) is 37.3 Å². The summed E-state index contributed by atoms with van der Waals surface area (Å²) < 4.78 is 11.2. The Morgan fingerprint density at radius 3 is 2.48 bits per heavy atom. The summed E-state index contributed by atoms with van der Waals surface area (Å²) in [6.07, 6.45) is 0.0543. The van der Waals surface area contributed by atoms with Gasteiger partial charge < -0.3 is 14.8 Å². The highest BCUT2D eigenvalue weighted by Gasteiger charge is 2.11. The van der Waals surface area contributed by atoms with Gasteiger partial charge in [-0.15, -0.1) is 0 Å². The van der Waals surface area contributed by atoms with Crippen molar-refractivity contribution in [3.63, 3.8) is 0 Å². The Hall–Kier alpha value is -2.87. The number of halogens is 1. The molecule has 0 saturated carbocycles. The van der Waals surface area contributed by atoms with Gasteiger partial charge in [0.2, 0.25) is 5.91 Å². The summed E-state index contributed by atoms with van der Waals surface area (Å²) in [4.78, 5) is 24.3. The predicted octanol–water partition coefficient (Wildman–Crippen LogP) is 3.60. The highest BCUT2D eigenvalue weighted by atomic mass is 79.9. The molecule has 2 rings (SSSR count). The van der Waals surface area contributed by atoms with Crippen molar-refractivity contribution in [2.45, 2.75) is 13.3 Å². The van der Waals surface area contributed by atoms with Crippen molar-refractivity contribution in [3.8, 4) is 11.5 Å². The minimum absolute atomic E-state index is 0.0543. The fourth-order valence-electron chi connectivity index (χ4n) is 2.23. The molecule has 2 aromatic carbocycles. The number of hydrogen-bond acceptors (Lipinski definition) is 5. The molecule has 8 heteroatoms. The van der Waals surface area contributed by atoms with Gasteiger partial charge in [-0.3, -0.25) is 9.59 Å². The average molecular weight is 434 g/mol. The molecule has 0 saturated heterocycles. The van der Waals surface area contributed by atoms with E-state index in [2.05, 4.69) is 31.8 Å². The maximum absolute atomic E-state index is 12.2. The lowest BCUT2D eigenvalue weighted by Gasteiger charge is -2.09. The third kappa shape index (κ3) is 6.10. The number of methoxy groups -OCH3 is 2. The van der Waals surface area contributed by atoms with Crippen molar-refractivity contribution < 1.29 is 19.1 Å². The van der Waals surface area contributed by atoms with Crippen LogP contribution in [-0.4, -0.2) is 31.7 Å². The van der Waals surface area contributed by atoms with Crippen molar-refractivity contribution in [2.75, 3.05) is 19.5 Å². The van der Waals surface area contributed by atoms with Gasteiger partial charge >= 0.3 is 0 Å². The minimum Gasteiger partial charge on any atom is -0.493 e. The number of nitrogens with one attached hydrogen (secondary N) is 2. The molecule has 2 aromatic rings. The van der Waals surface area contributed by atoms with E-state index in [1.807, 2.05) is 12.1 Å². The second-order valence-electron chi connectivity index (χ2n) is 5.59. The van der Waals surface area contributed by atoms with Gasteiger partial charge in [-0.2, -0.15) is 5.10 Å². The Morgan fingerprint density at radius 1 is 1.07 bits per heavy atom. The number of ether oxygens (including phenoxy) is 2. The van der Waals surface area contributed by atoms with E-state index in [9.17, 15) is 9.59 Å². The molecular formula is C19H20BrN3O4. The van der Waals surface area contributed by atoms with Crippen LogP contribution in [0.1, 0.15) is 23.7 Å². The zero-order chi connectivity index (χ0) is 19.8. The molecule has 2 N–H and O–H groups in total. The first-order valence-corrected chi connectivity index (χ1v) is 8.83. The molecule has 7 nitrogen and oxygen atoms in total. The predicted molar refractivity (Wildman–Crippen MR) is 108 cm³/mol. The van der Waals surface area contributed by atoms with Crippen LogP contribution in [0.5, 0.6) is 11.5 Å². The van der Waals surface area contributed by atoms with Crippen LogP contribution in [0.25, 0.3) is 0 Å². The molecule has 142 valence electrons. The van der Waals surface area contributed by atoms with E-state index in [-0.39, 0.29) is 12.3 Å². The lowest BCUT2D eigenvalue weighted by atomic mass is 10.2. The number of amides is 2. The summed E-state index contributed by atoms with van der Waals surface area (Å²) in [5.41, 5.74) is 3.94. The van der Waals surface area contributed by atoms with Gasteiger partial charge in [0, 0.05) is 21.4 Å². The number of carbonyl (C=O) groups excluding carboxylic acids is 2. The largest absolute Gasteiger partial charge is 0.493 e. The molecule has 27 heavy (non-hydrogen) atoms. The first-order chi connectivity index (χ1) is 12.9. The van der Waals surface area contributed by atoms with Gasteiger partial charge in [0.05, 0.1) is 20.6 Å². The number of hydrogen-bond donors (Lipinski definition) is 2. The third-order valence-electron chi connectivity index (χ3n) is 3.52. The molecule has 0 aliphatic carbocycles. The summed E-state index contributed by atoms with van der Waals surface area (Å²) >= 11 is 3.35. The van der Waals surface area contributed by atoms with Gasteiger partial charge in [-0.25, -0.2) is 5.43 Å². The topological polar surface area (TPSA) is 89.0 Å². The van der Waals surface area contributed by atoms with E-state index in [0.717, 1.165) is 4.47 Å². The molecule has 0 unspecified atom stereocenters. The Kier molecular flexibility index (Phi) is 7.36. The van der Waals surface area contributed by atoms with Crippen molar-refractivity contribution in [2.24, 2.45) is 5.10 Å². The molecule has 0 atom stereocenters. The molecule has 0 spiro atoms. The van der Waals surface area contributed by atoms with Crippen molar-refractivity contribution in [3.05, 3.63) is 52.5 Å².